The summed E-state index contributed by atoms with van der Waals surface area (Å²) < 4.78 is 6.18. The van der Waals surface area contributed by atoms with Crippen LogP contribution in [0.15, 0.2) is 24.3 Å². The van der Waals surface area contributed by atoms with Crippen LogP contribution in [0.4, 0.5) is 0 Å². The topological polar surface area (TPSA) is 9.23 Å². The van der Waals surface area contributed by atoms with Gasteiger partial charge in [0.1, 0.15) is 11.9 Å². The van der Waals surface area contributed by atoms with Crippen LogP contribution >= 0.6 is 11.6 Å². The highest BCUT2D eigenvalue weighted by atomic mass is 35.5. The Morgan fingerprint density at radius 3 is 2.39 bits per heavy atom. The molecule has 1 nitrogen and oxygen atoms in total. The zero-order chi connectivity index (χ0) is 12.6. The summed E-state index contributed by atoms with van der Waals surface area (Å²) in [5.41, 5.74) is 1.54. The summed E-state index contributed by atoms with van der Waals surface area (Å²) in [5, 5.41) is 0.327. The van der Waals surface area contributed by atoms with E-state index in [1.807, 2.05) is 0 Å². The Labute approximate surface area is 114 Å². The molecule has 0 bridgehead atoms. The van der Waals surface area contributed by atoms with E-state index in [1.54, 1.807) is 0 Å². The van der Waals surface area contributed by atoms with E-state index in [0.717, 1.165) is 12.2 Å². The van der Waals surface area contributed by atoms with Gasteiger partial charge in [0.2, 0.25) is 0 Å². The second kappa shape index (κ2) is 4.77. The van der Waals surface area contributed by atoms with E-state index in [-0.39, 0.29) is 5.41 Å². The summed E-state index contributed by atoms with van der Waals surface area (Å²) in [5.74, 6) is 0.999. The van der Waals surface area contributed by atoms with Crippen molar-refractivity contribution < 1.29 is 4.74 Å². The number of halogens is 1. The Bertz CT molecular complexity index is 406. The molecule has 0 heterocycles. The van der Waals surface area contributed by atoms with Crippen LogP contribution in [0.5, 0.6) is 5.75 Å². The molecule has 1 aromatic carbocycles. The lowest BCUT2D eigenvalue weighted by Crippen LogP contribution is -2.58. The van der Waals surface area contributed by atoms with E-state index in [9.17, 15) is 0 Å². The molecule has 1 spiro atoms. The Morgan fingerprint density at radius 2 is 1.78 bits per heavy atom. The number of benzene rings is 1. The maximum Gasteiger partial charge on any atom is 0.119 e. The van der Waals surface area contributed by atoms with Crippen LogP contribution in [-0.4, -0.2) is 11.5 Å². The highest BCUT2D eigenvalue weighted by Gasteiger charge is 2.55. The molecule has 1 aromatic rings. The summed E-state index contributed by atoms with van der Waals surface area (Å²) in [7, 11) is 0. The lowest BCUT2D eigenvalue weighted by Gasteiger charge is -2.55. The molecule has 0 N–H and O–H groups in total. The summed E-state index contributed by atoms with van der Waals surface area (Å²) >= 11 is 6.49. The fourth-order valence-electron chi connectivity index (χ4n) is 3.49. The zero-order valence-electron chi connectivity index (χ0n) is 11.0. The molecule has 2 atom stereocenters. The molecule has 0 amide bonds. The molecule has 18 heavy (non-hydrogen) atoms. The van der Waals surface area contributed by atoms with E-state index in [4.69, 9.17) is 16.3 Å². The number of ether oxygens (including phenoxy) is 1. The van der Waals surface area contributed by atoms with Gasteiger partial charge in [-0.1, -0.05) is 37.0 Å². The van der Waals surface area contributed by atoms with Crippen LogP contribution in [-0.2, 0) is 0 Å². The standard InChI is InChI=1S/C16H21ClO/c1-12-5-7-13(8-6-12)18-15-11-14(17)16(15)9-3-2-4-10-16/h5-8,14-15H,2-4,9-11H2,1H3. The van der Waals surface area contributed by atoms with Gasteiger partial charge in [-0.15, -0.1) is 11.6 Å². The van der Waals surface area contributed by atoms with Gasteiger partial charge in [0.15, 0.2) is 0 Å². The minimum absolute atomic E-state index is 0.269. The first kappa shape index (κ1) is 12.3. The average molecular weight is 265 g/mol. The Balaban J connectivity index is 1.71. The molecule has 2 aliphatic rings. The van der Waals surface area contributed by atoms with Crippen molar-refractivity contribution in [3.8, 4) is 5.75 Å². The van der Waals surface area contributed by atoms with Gasteiger partial charge in [-0.05, 0) is 31.9 Å². The van der Waals surface area contributed by atoms with Crippen molar-refractivity contribution in [3.63, 3.8) is 0 Å². The maximum absolute atomic E-state index is 6.49. The quantitative estimate of drug-likeness (QED) is 0.704. The van der Waals surface area contributed by atoms with Gasteiger partial charge in [0, 0.05) is 17.2 Å². The fourth-order valence-corrected chi connectivity index (χ4v) is 4.01. The fraction of sp³-hybridized carbons (Fsp3) is 0.625. The number of rotatable bonds is 2. The Hall–Kier alpha value is -0.690. The van der Waals surface area contributed by atoms with Crippen molar-refractivity contribution in [1.29, 1.82) is 0 Å². The van der Waals surface area contributed by atoms with Crippen LogP contribution in [0.2, 0.25) is 0 Å². The lowest BCUT2D eigenvalue weighted by molar-refractivity contribution is -0.0650. The van der Waals surface area contributed by atoms with Crippen molar-refractivity contribution in [3.05, 3.63) is 29.8 Å². The van der Waals surface area contributed by atoms with Gasteiger partial charge in [0.25, 0.3) is 0 Å². The second-order valence-corrected chi connectivity index (χ2v) is 6.44. The van der Waals surface area contributed by atoms with Gasteiger partial charge in [-0.3, -0.25) is 0 Å². The summed E-state index contributed by atoms with van der Waals surface area (Å²) in [6.45, 7) is 2.10. The molecule has 2 heteroatoms. The van der Waals surface area contributed by atoms with Gasteiger partial charge in [-0.25, -0.2) is 0 Å². The predicted octanol–water partition coefficient (Wildman–Crippen LogP) is 4.70. The van der Waals surface area contributed by atoms with Crippen LogP contribution in [0.3, 0.4) is 0 Å². The number of alkyl halides is 1. The molecule has 0 aromatic heterocycles. The number of hydrogen-bond donors (Lipinski definition) is 0. The van der Waals surface area contributed by atoms with Crippen LogP contribution in [0.25, 0.3) is 0 Å². The minimum Gasteiger partial charge on any atom is -0.490 e. The van der Waals surface area contributed by atoms with Crippen molar-refractivity contribution in [2.24, 2.45) is 5.41 Å². The third kappa shape index (κ3) is 2.03. The molecular formula is C16H21ClO. The Kier molecular flexibility index (Phi) is 3.27. The molecule has 0 radical (unpaired) electrons. The second-order valence-electron chi connectivity index (χ2n) is 5.92. The Morgan fingerprint density at radius 1 is 1.11 bits per heavy atom. The number of aryl methyl sites for hydroxylation is 1. The molecule has 2 saturated carbocycles. The van der Waals surface area contributed by atoms with E-state index >= 15 is 0 Å². The third-order valence-corrected chi connectivity index (χ3v) is 5.38. The van der Waals surface area contributed by atoms with Crippen LogP contribution < -0.4 is 4.74 Å². The lowest BCUT2D eigenvalue weighted by atomic mass is 9.58. The highest BCUT2D eigenvalue weighted by molar-refractivity contribution is 6.21. The zero-order valence-corrected chi connectivity index (χ0v) is 11.7. The SMILES string of the molecule is Cc1ccc(OC2CC(Cl)C23CCCCC3)cc1. The molecule has 3 rings (SSSR count). The molecule has 98 valence electrons. The largest absolute Gasteiger partial charge is 0.490 e. The normalized spacial score (nSPS) is 29.9. The molecule has 2 aliphatic carbocycles. The molecule has 0 aliphatic heterocycles. The molecule has 2 fully saturated rings. The van der Waals surface area contributed by atoms with Crippen molar-refractivity contribution in [1.82, 2.24) is 0 Å². The average Bonchev–Trinajstić information content (AvgIpc) is 2.42. The highest BCUT2D eigenvalue weighted by Crippen LogP contribution is 2.55. The van der Waals surface area contributed by atoms with Crippen molar-refractivity contribution >= 4 is 11.6 Å². The summed E-state index contributed by atoms with van der Waals surface area (Å²) in [6, 6.07) is 8.38. The summed E-state index contributed by atoms with van der Waals surface area (Å²) in [6.07, 6.45) is 7.84. The smallest absolute Gasteiger partial charge is 0.119 e. The van der Waals surface area contributed by atoms with Crippen molar-refractivity contribution in [2.45, 2.75) is 56.9 Å². The third-order valence-electron chi connectivity index (χ3n) is 4.77. The molecule has 0 saturated heterocycles. The van der Waals surface area contributed by atoms with Gasteiger partial charge in [-0.2, -0.15) is 0 Å². The van der Waals surface area contributed by atoms with Crippen molar-refractivity contribution in [2.75, 3.05) is 0 Å². The maximum atomic E-state index is 6.49. The van der Waals surface area contributed by atoms with Crippen LogP contribution in [0, 0.1) is 12.3 Å². The van der Waals surface area contributed by atoms with E-state index in [2.05, 4.69) is 31.2 Å². The van der Waals surface area contributed by atoms with E-state index in [0.29, 0.717) is 11.5 Å². The van der Waals surface area contributed by atoms with E-state index < -0.39 is 0 Å². The van der Waals surface area contributed by atoms with E-state index in [1.165, 1.54) is 37.7 Å². The van der Waals surface area contributed by atoms with Gasteiger partial charge in [0.05, 0.1) is 0 Å². The molecule has 2 unspecified atom stereocenters. The van der Waals surface area contributed by atoms with Crippen LogP contribution in [0.1, 0.15) is 44.1 Å². The summed E-state index contributed by atoms with van der Waals surface area (Å²) in [4.78, 5) is 0. The number of hydrogen-bond acceptors (Lipinski definition) is 1. The van der Waals surface area contributed by atoms with Gasteiger partial charge < -0.3 is 4.74 Å². The monoisotopic (exact) mass is 264 g/mol. The van der Waals surface area contributed by atoms with Gasteiger partial charge >= 0.3 is 0 Å². The first-order chi connectivity index (χ1) is 8.71. The molecular weight excluding hydrogens is 244 g/mol. The minimum atomic E-state index is 0.269. The first-order valence-electron chi connectivity index (χ1n) is 7.08. The predicted molar refractivity (Wildman–Crippen MR) is 75.4 cm³/mol. The first-order valence-corrected chi connectivity index (χ1v) is 7.52.